The van der Waals surface area contributed by atoms with Gasteiger partial charge in [0.25, 0.3) is 5.91 Å². The third-order valence-corrected chi connectivity index (χ3v) is 7.05. The highest BCUT2D eigenvalue weighted by atomic mass is 16.5. The van der Waals surface area contributed by atoms with Gasteiger partial charge in [-0.15, -0.1) is 0 Å². The van der Waals surface area contributed by atoms with Crippen molar-refractivity contribution in [3.8, 4) is 5.75 Å². The van der Waals surface area contributed by atoms with Crippen LogP contribution in [0.3, 0.4) is 0 Å². The van der Waals surface area contributed by atoms with Crippen molar-refractivity contribution < 1.29 is 14.3 Å². The first-order chi connectivity index (χ1) is 16.3. The van der Waals surface area contributed by atoms with Crippen LogP contribution in [0.1, 0.15) is 43.1 Å². The lowest BCUT2D eigenvalue weighted by Crippen LogP contribution is -2.53. The van der Waals surface area contributed by atoms with Crippen LogP contribution in [0, 0.1) is 0 Å². The number of H-pyrrole nitrogens is 1. The van der Waals surface area contributed by atoms with Crippen molar-refractivity contribution in [3.63, 3.8) is 0 Å². The molecule has 1 aromatic heterocycles. The predicted octanol–water partition coefficient (Wildman–Crippen LogP) is 4.19. The van der Waals surface area contributed by atoms with Gasteiger partial charge in [0.2, 0.25) is 0 Å². The number of aromatic amines is 1. The van der Waals surface area contributed by atoms with Gasteiger partial charge in [-0.05, 0) is 70.2 Å². The molecule has 7 heteroatoms. The second-order valence-electron chi connectivity index (χ2n) is 9.69. The van der Waals surface area contributed by atoms with E-state index < -0.39 is 5.54 Å². The maximum atomic E-state index is 13.8. The highest BCUT2D eigenvalue weighted by Crippen LogP contribution is 2.49. The summed E-state index contributed by atoms with van der Waals surface area (Å²) in [6.45, 7) is 5.72. The second kappa shape index (κ2) is 8.47. The smallest absolute Gasteiger partial charge is 0.328 e. The molecule has 0 saturated carbocycles. The number of nitrogens with zero attached hydrogens (tertiary/aromatic N) is 3. The molecule has 2 aromatic carbocycles. The van der Waals surface area contributed by atoms with Gasteiger partial charge in [-0.2, -0.15) is 0 Å². The summed E-state index contributed by atoms with van der Waals surface area (Å²) in [6.07, 6.45) is 1.21. The van der Waals surface area contributed by atoms with Gasteiger partial charge in [-0.1, -0.05) is 30.3 Å². The predicted molar refractivity (Wildman–Crippen MR) is 132 cm³/mol. The van der Waals surface area contributed by atoms with E-state index >= 15 is 0 Å². The Bertz CT molecular complexity index is 1240. The van der Waals surface area contributed by atoms with E-state index in [1.807, 2.05) is 81.4 Å². The topological polar surface area (TPSA) is 68.9 Å². The SMILES string of the molecule is CCOc1ccc2[nH]c3c(c2c1)CC1(C)C(=O)N(CCCN(C)C)C(=O)N1C3c1ccccc1. The Labute approximate surface area is 200 Å². The minimum Gasteiger partial charge on any atom is -0.494 e. The molecule has 1 N–H and O–H groups in total. The number of fused-ring (bicyclic) bond motifs is 4. The largest absolute Gasteiger partial charge is 0.494 e. The Kier molecular flexibility index (Phi) is 5.60. The number of nitrogens with one attached hydrogen (secondary N) is 1. The van der Waals surface area contributed by atoms with E-state index in [9.17, 15) is 9.59 Å². The molecule has 0 aliphatic carbocycles. The molecule has 1 fully saturated rings. The normalized spacial score (nSPS) is 22.0. The first-order valence-corrected chi connectivity index (χ1v) is 12.0. The van der Waals surface area contributed by atoms with E-state index in [-0.39, 0.29) is 18.0 Å². The van der Waals surface area contributed by atoms with Crippen molar-refractivity contribution in [3.05, 3.63) is 65.4 Å². The Hall–Kier alpha value is -3.32. The number of amides is 3. The van der Waals surface area contributed by atoms with Crippen LogP contribution in [-0.2, 0) is 11.2 Å². The number of hydrogen-bond donors (Lipinski definition) is 1. The van der Waals surface area contributed by atoms with E-state index in [2.05, 4.69) is 9.88 Å². The number of rotatable bonds is 7. The lowest BCUT2D eigenvalue weighted by Gasteiger charge is -2.42. The zero-order valence-corrected chi connectivity index (χ0v) is 20.3. The van der Waals surface area contributed by atoms with Crippen LogP contribution in [-0.4, -0.2) is 71.0 Å². The molecule has 3 heterocycles. The summed E-state index contributed by atoms with van der Waals surface area (Å²) >= 11 is 0. The summed E-state index contributed by atoms with van der Waals surface area (Å²) < 4.78 is 5.76. The highest BCUT2D eigenvalue weighted by molar-refractivity contribution is 6.08. The molecule has 7 nitrogen and oxygen atoms in total. The summed E-state index contributed by atoms with van der Waals surface area (Å²) in [5, 5.41) is 1.05. The van der Waals surface area contributed by atoms with Crippen molar-refractivity contribution in [1.29, 1.82) is 0 Å². The van der Waals surface area contributed by atoms with Crippen LogP contribution < -0.4 is 4.74 Å². The maximum Gasteiger partial charge on any atom is 0.328 e. The minimum atomic E-state index is -0.945. The van der Waals surface area contributed by atoms with E-state index in [4.69, 9.17) is 4.74 Å². The Morgan fingerprint density at radius 3 is 2.62 bits per heavy atom. The van der Waals surface area contributed by atoms with Crippen molar-refractivity contribution in [1.82, 2.24) is 19.7 Å². The standard InChI is InChI=1S/C27H32N4O3/c1-5-34-19-12-13-22-20(16-19)21-17-27(2)25(32)30(15-9-14-29(3)4)26(33)31(27)24(23(21)28-22)18-10-7-6-8-11-18/h6-8,10-13,16,24,28H,5,9,14-15,17H2,1-4H3. The number of aromatic nitrogens is 1. The van der Waals surface area contributed by atoms with E-state index in [0.29, 0.717) is 19.6 Å². The Morgan fingerprint density at radius 2 is 1.91 bits per heavy atom. The molecule has 0 radical (unpaired) electrons. The van der Waals surface area contributed by atoms with Gasteiger partial charge in [0, 0.05) is 29.6 Å². The zero-order chi connectivity index (χ0) is 24.0. The fraction of sp³-hybridized carbons (Fsp3) is 0.407. The number of carbonyl (C=O) groups excluding carboxylic acids is 2. The van der Waals surface area contributed by atoms with Gasteiger partial charge in [-0.3, -0.25) is 14.6 Å². The summed E-state index contributed by atoms with van der Waals surface area (Å²) in [5.41, 5.74) is 3.09. The quantitative estimate of drug-likeness (QED) is 0.537. The van der Waals surface area contributed by atoms with Crippen molar-refractivity contribution in [2.24, 2.45) is 0 Å². The third-order valence-electron chi connectivity index (χ3n) is 7.05. The highest BCUT2D eigenvalue weighted by Gasteiger charge is 2.59. The zero-order valence-electron chi connectivity index (χ0n) is 20.3. The Balaban J connectivity index is 1.64. The van der Waals surface area contributed by atoms with Crippen molar-refractivity contribution in [2.45, 2.75) is 38.3 Å². The first-order valence-electron chi connectivity index (χ1n) is 12.0. The second-order valence-corrected chi connectivity index (χ2v) is 9.69. The molecule has 3 aromatic rings. The van der Waals surface area contributed by atoms with Gasteiger partial charge in [-0.25, -0.2) is 4.79 Å². The molecule has 2 aliphatic rings. The number of benzene rings is 2. The molecule has 3 amide bonds. The minimum absolute atomic E-state index is 0.113. The lowest BCUT2D eigenvalue weighted by atomic mass is 9.81. The number of imide groups is 1. The monoisotopic (exact) mass is 460 g/mol. The number of hydrogen-bond acceptors (Lipinski definition) is 4. The molecule has 178 valence electrons. The number of carbonyl (C=O) groups is 2. The third kappa shape index (κ3) is 3.46. The Morgan fingerprint density at radius 1 is 1.15 bits per heavy atom. The fourth-order valence-electron chi connectivity index (χ4n) is 5.47. The van der Waals surface area contributed by atoms with Crippen LogP contribution in [0.4, 0.5) is 4.79 Å². The molecule has 5 rings (SSSR count). The summed E-state index contributed by atoms with van der Waals surface area (Å²) in [5.74, 6) is 0.693. The van der Waals surface area contributed by atoms with Crippen LogP contribution in [0.2, 0.25) is 0 Å². The van der Waals surface area contributed by atoms with Gasteiger partial charge >= 0.3 is 6.03 Å². The first kappa shape index (κ1) is 22.5. The van der Waals surface area contributed by atoms with Gasteiger partial charge in [0.15, 0.2) is 0 Å². The van der Waals surface area contributed by atoms with Gasteiger partial charge in [0.05, 0.1) is 6.61 Å². The number of urea groups is 1. The van der Waals surface area contributed by atoms with Crippen molar-refractivity contribution >= 4 is 22.8 Å². The molecule has 0 spiro atoms. The summed E-state index contributed by atoms with van der Waals surface area (Å²) in [4.78, 5) is 36.5. The van der Waals surface area contributed by atoms with Gasteiger partial charge < -0.3 is 14.6 Å². The van der Waals surface area contributed by atoms with Crippen LogP contribution in [0.25, 0.3) is 10.9 Å². The average Bonchev–Trinajstić information content (AvgIpc) is 3.26. The van der Waals surface area contributed by atoms with E-state index in [0.717, 1.165) is 46.4 Å². The molecule has 34 heavy (non-hydrogen) atoms. The van der Waals surface area contributed by atoms with Gasteiger partial charge in [0.1, 0.15) is 17.3 Å². The molecular weight excluding hydrogens is 428 g/mol. The van der Waals surface area contributed by atoms with Crippen LogP contribution in [0.15, 0.2) is 48.5 Å². The summed E-state index contributed by atoms with van der Waals surface area (Å²) in [7, 11) is 4.00. The fourth-order valence-corrected chi connectivity index (χ4v) is 5.47. The van der Waals surface area contributed by atoms with Crippen LogP contribution >= 0.6 is 0 Å². The molecule has 2 atom stereocenters. The molecule has 0 bridgehead atoms. The molecule has 1 saturated heterocycles. The van der Waals surface area contributed by atoms with Crippen LogP contribution in [0.5, 0.6) is 5.75 Å². The number of ether oxygens (including phenoxy) is 1. The molecule has 2 aliphatic heterocycles. The van der Waals surface area contributed by atoms with E-state index in [1.165, 1.54) is 4.90 Å². The average molecular weight is 461 g/mol. The van der Waals surface area contributed by atoms with Crippen molar-refractivity contribution in [2.75, 3.05) is 33.8 Å². The molecular formula is C27H32N4O3. The maximum absolute atomic E-state index is 13.8. The van der Waals surface area contributed by atoms with E-state index in [1.54, 1.807) is 0 Å². The lowest BCUT2D eigenvalue weighted by molar-refractivity contribution is -0.133. The summed E-state index contributed by atoms with van der Waals surface area (Å²) in [6, 6.07) is 15.4. The molecule has 2 unspecified atom stereocenters.